The number of anilines is 1. The summed E-state index contributed by atoms with van der Waals surface area (Å²) >= 11 is 0. The predicted octanol–water partition coefficient (Wildman–Crippen LogP) is 3.96. The Hall–Kier alpha value is -3.17. The van der Waals surface area contributed by atoms with E-state index in [0.29, 0.717) is 22.5 Å². The van der Waals surface area contributed by atoms with Crippen molar-refractivity contribution >= 4 is 17.6 Å². The van der Waals surface area contributed by atoms with Crippen LogP contribution in [-0.4, -0.2) is 34.6 Å². The molecular formula is C21H23F3N4O3. The van der Waals surface area contributed by atoms with Crippen LogP contribution in [0.1, 0.15) is 54.2 Å². The third-order valence-corrected chi connectivity index (χ3v) is 5.08. The van der Waals surface area contributed by atoms with E-state index in [0.717, 1.165) is 12.8 Å². The average molecular weight is 436 g/mol. The number of rotatable bonds is 7. The summed E-state index contributed by atoms with van der Waals surface area (Å²) in [5.41, 5.74) is 0.975. The van der Waals surface area contributed by atoms with Gasteiger partial charge in [-0.25, -0.2) is 9.97 Å². The van der Waals surface area contributed by atoms with Crippen LogP contribution < -0.4 is 15.4 Å². The standard InChI is InChI=1S/C21H23F3N4O3/c1-12-8-15(10-26-18(12)31-11-21(22,23)24)13(2)27-17(29)14-4-7-25-16(9-14)28-19(30)20(3)5-6-20/h4,7-10,13H,5-6,11H2,1-3H3,(H,27,29)(H,25,28,30). The molecule has 1 aliphatic rings. The second-order valence-corrected chi connectivity index (χ2v) is 7.93. The Bertz CT molecular complexity index is 990. The molecule has 2 amide bonds. The molecule has 0 aliphatic heterocycles. The van der Waals surface area contributed by atoms with Crippen LogP contribution in [0.5, 0.6) is 5.88 Å². The summed E-state index contributed by atoms with van der Waals surface area (Å²) in [7, 11) is 0. The number of pyridine rings is 2. The van der Waals surface area contributed by atoms with Crippen molar-refractivity contribution < 1.29 is 27.5 Å². The van der Waals surface area contributed by atoms with Gasteiger partial charge in [-0.15, -0.1) is 0 Å². The van der Waals surface area contributed by atoms with Crippen LogP contribution in [0.3, 0.4) is 0 Å². The maximum absolute atomic E-state index is 12.6. The highest BCUT2D eigenvalue weighted by Crippen LogP contribution is 2.45. The first-order valence-electron chi connectivity index (χ1n) is 9.71. The molecule has 2 aromatic heterocycles. The van der Waals surface area contributed by atoms with Crippen molar-refractivity contribution in [3.8, 4) is 5.88 Å². The van der Waals surface area contributed by atoms with Crippen LogP contribution >= 0.6 is 0 Å². The van der Waals surface area contributed by atoms with Gasteiger partial charge in [0.05, 0.1) is 6.04 Å². The molecular weight excluding hydrogens is 413 g/mol. The summed E-state index contributed by atoms with van der Waals surface area (Å²) in [5, 5.41) is 5.53. The number of nitrogens with zero attached hydrogens (tertiary/aromatic N) is 2. The van der Waals surface area contributed by atoms with Crippen molar-refractivity contribution in [2.24, 2.45) is 5.41 Å². The van der Waals surface area contributed by atoms with Gasteiger partial charge in [-0.1, -0.05) is 6.92 Å². The van der Waals surface area contributed by atoms with Crippen molar-refractivity contribution in [2.45, 2.75) is 45.8 Å². The normalized spacial score (nSPS) is 15.7. The molecule has 2 heterocycles. The number of carbonyl (C=O) groups excluding carboxylic acids is 2. The van der Waals surface area contributed by atoms with E-state index in [1.54, 1.807) is 19.9 Å². The molecule has 3 rings (SSSR count). The number of hydrogen-bond acceptors (Lipinski definition) is 5. The number of aromatic nitrogens is 2. The molecule has 0 radical (unpaired) electrons. The number of carbonyl (C=O) groups is 2. The fourth-order valence-corrected chi connectivity index (χ4v) is 2.81. The van der Waals surface area contributed by atoms with Gasteiger partial charge in [0.2, 0.25) is 11.8 Å². The van der Waals surface area contributed by atoms with Crippen LogP contribution in [0, 0.1) is 12.3 Å². The van der Waals surface area contributed by atoms with Crippen LogP contribution in [0.4, 0.5) is 19.0 Å². The molecule has 2 aromatic rings. The zero-order chi connectivity index (χ0) is 22.8. The van der Waals surface area contributed by atoms with Crippen LogP contribution in [0.2, 0.25) is 0 Å². The lowest BCUT2D eigenvalue weighted by Crippen LogP contribution is -2.27. The largest absolute Gasteiger partial charge is 0.468 e. The second-order valence-electron chi connectivity index (χ2n) is 7.93. The first-order valence-corrected chi connectivity index (χ1v) is 9.71. The van der Waals surface area contributed by atoms with Crippen LogP contribution in [-0.2, 0) is 4.79 Å². The SMILES string of the molecule is Cc1cc(C(C)NC(=O)c2ccnc(NC(=O)C3(C)CC3)c2)cnc1OCC(F)(F)F. The summed E-state index contributed by atoms with van der Waals surface area (Å²) in [6.07, 6.45) is -0.0115. The number of halogens is 3. The zero-order valence-electron chi connectivity index (χ0n) is 17.3. The highest BCUT2D eigenvalue weighted by atomic mass is 19.4. The van der Waals surface area contributed by atoms with Crippen molar-refractivity contribution in [3.63, 3.8) is 0 Å². The minimum Gasteiger partial charge on any atom is -0.468 e. The van der Waals surface area contributed by atoms with Gasteiger partial charge >= 0.3 is 6.18 Å². The van der Waals surface area contributed by atoms with Gasteiger partial charge < -0.3 is 15.4 Å². The van der Waals surface area contributed by atoms with E-state index < -0.39 is 24.7 Å². The molecule has 10 heteroatoms. The van der Waals surface area contributed by atoms with E-state index in [4.69, 9.17) is 4.74 Å². The van der Waals surface area contributed by atoms with Gasteiger partial charge in [-0.3, -0.25) is 9.59 Å². The summed E-state index contributed by atoms with van der Waals surface area (Å²) in [5.74, 6) is -0.334. The third-order valence-electron chi connectivity index (χ3n) is 5.08. The van der Waals surface area contributed by atoms with Crippen molar-refractivity contribution in [1.82, 2.24) is 15.3 Å². The van der Waals surface area contributed by atoms with Gasteiger partial charge in [0.25, 0.3) is 5.91 Å². The first kappa shape index (κ1) is 22.5. The fraction of sp³-hybridized carbons (Fsp3) is 0.429. The minimum atomic E-state index is -4.45. The van der Waals surface area contributed by atoms with Gasteiger partial charge in [0.15, 0.2) is 6.61 Å². The quantitative estimate of drug-likeness (QED) is 0.686. The van der Waals surface area contributed by atoms with E-state index >= 15 is 0 Å². The molecule has 7 nitrogen and oxygen atoms in total. The smallest absolute Gasteiger partial charge is 0.422 e. The number of nitrogens with one attached hydrogen (secondary N) is 2. The summed E-state index contributed by atoms with van der Waals surface area (Å²) < 4.78 is 41.6. The Morgan fingerprint density at radius 1 is 1.26 bits per heavy atom. The molecule has 0 saturated heterocycles. The van der Waals surface area contributed by atoms with Gasteiger partial charge in [-0.2, -0.15) is 13.2 Å². The number of hydrogen-bond donors (Lipinski definition) is 2. The maximum Gasteiger partial charge on any atom is 0.422 e. The van der Waals surface area contributed by atoms with E-state index in [9.17, 15) is 22.8 Å². The van der Waals surface area contributed by atoms with Gasteiger partial charge in [0, 0.05) is 28.9 Å². The topological polar surface area (TPSA) is 93.2 Å². The Morgan fingerprint density at radius 3 is 2.58 bits per heavy atom. The molecule has 0 bridgehead atoms. The van der Waals surface area contributed by atoms with Gasteiger partial charge in [-0.05, 0) is 50.5 Å². The maximum atomic E-state index is 12.6. The van der Waals surface area contributed by atoms with E-state index in [1.807, 2.05) is 6.92 Å². The summed E-state index contributed by atoms with van der Waals surface area (Å²) in [4.78, 5) is 32.8. The first-order chi connectivity index (χ1) is 14.5. The van der Waals surface area contributed by atoms with Crippen molar-refractivity contribution in [3.05, 3.63) is 47.3 Å². The summed E-state index contributed by atoms with van der Waals surface area (Å²) in [6.45, 7) is 3.75. The summed E-state index contributed by atoms with van der Waals surface area (Å²) in [6, 6.07) is 4.15. The lowest BCUT2D eigenvalue weighted by molar-refractivity contribution is -0.154. The van der Waals surface area contributed by atoms with Crippen molar-refractivity contribution in [2.75, 3.05) is 11.9 Å². The molecule has 0 spiro atoms. The average Bonchev–Trinajstić information content (AvgIpc) is 3.45. The highest BCUT2D eigenvalue weighted by Gasteiger charge is 2.45. The van der Waals surface area contributed by atoms with E-state index in [2.05, 4.69) is 20.6 Å². The Balaban J connectivity index is 1.63. The molecule has 1 fully saturated rings. The molecule has 166 valence electrons. The lowest BCUT2D eigenvalue weighted by atomic mass is 10.1. The Labute approximate surface area is 177 Å². The molecule has 1 unspecified atom stereocenters. The van der Waals surface area contributed by atoms with E-state index in [-0.39, 0.29) is 17.2 Å². The van der Waals surface area contributed by atoms with E-state index in [1.165, 1.54) is 24.5 Å². The Kier molecular flexibility index (Phi) is 6.19. The molecule has 31 heavy (non-hydrogen) atoms. The van der Waals surface area contributed by atoms with Crippen LogP contribution in [0.25, 0.3) is 0 Å². The van der Waals surface area contributed by atoms with Crippen molar-refractivity contribution in [1.29, 1.82) is 0 Å². The zero-order valence-corrected chi connectivity index (χ0v) is 17.3. The molecule has 2 N–H and O–H groups in total. The van der Waals surface area contributed by atoms with Gasteiger partial charge in [0.1, 0.15) is 5.82 Å². The lowest BCUT2D eigenvalue weighted by Gasteiger charge is -2.17. The predicted molar refractivity (Wildman–Crippen MR) is 107 cm³/mol. The highest BCUT2D eigenvalue weighted by molar-refractivity contribution is 5.98. The molecule has 0 aromatic carbocycles. The second kappa shape index (κ2) is 8.52. The molecule has 1 atom stereocenters. The molecule has 1 saturated carbocycles. The number of ether oxygens (including phenoxy) is 1. The Morgan fingerprint density at radius 2 is 1.97 bits per heavy atom. The number of alkyl halides is 3. The fourth-order valence-electron chi connectivity index (χ4n) is 2.81. The minimum absolute atomic E-state index is 0.113. The molecule has 1 aliphatic carbocycles. The van der Waals surface area contributed by atoms with Crippen LogP contribution in [0.15, 0.2) is 30.6 Å². The number of amides is 2. The monoisotopic (exact) mass is 436 g/mol. The third kappa shape index (κ3) is 5.93. The number of aryl methyl sites for hydroxylation is 1.